The molecule has 164 valence electrons. The molecule has 0 saturated carbocycles. The van der Waals surface area contributed by atoms with E-state index in [0.29, 0.717) is 41.6 Å². The standard InChI is InChI=1S/C25H36N2O3/c1-8-12-21-22(24(30-15-16(4)5)17(6)18(7)27(21)29)25(28)26-23-19(9-2)13-11-14-20(23)10-3/h11,13-14,16H,8-10,12,15H2,1-7H3,(H,26,28). The van der Waals surface area contributed by atoms with Gasteiger partial charge in [-0.05, 0) is 43.2 Å². The quantitative estimate of drug-likeness (QED) is 0.449. The molecule has 0 atom stereocenters. The van der Waals surface area contributed by atoms with E-state index in [2.05, 4.69) is 33.0 Å². The monoisotopic (exact) mass is 412 g/mol. The fourth-order valence-corrected chi connectivity index (χ4v) is 3.65. The molecule has 0 radical (unpaired) electrons. The van der Waals surface area contributed by atoms with Crippen molar-refractivity contribution < 1.29 is 14.3 Å². The SMILES string of the molecule is CCCc1c(C(=O)Nc2c(CC)cccc2CC)c(OCC(C)C)c(C)c(C)[n+]1[O-]. The van der Waals surface area contributed by atoms with Gasteiger partial charge in [-0.2, -0.15) is 4.73 Å². The summed E-state index contributed by atoms with van der Waals surface area (Å²) in [5, 5.41) is 16.1. The van der Waals surface area contributed by atoms with Crippen molar-refractivity contribution in [3.63, 3.8) is 0 Å². The molecule has 1 heterocycles. The number of anilines is 1. The number of aryl methyl sites for hydroxylation is 2. The van der Waals surface area contributed by atoms with E-state index >= 15 is 0 Å². The molecule has 1 N–H and O–H groups in total. The lowest BCUT2D eigenvalue weighted by Crippen LogP contribution is -2.40. The number of para-hydroxylation sites is 1. The molecule has 0 fully saturated rings. The van der Waals surface area contributed by atoms with Gasteiger partial charge in [0.15, 0.2) is 11.3 Å². The first-order valence-corrected chi connectivity index (χ1v) is 11.1. The first-order chi connectivity index (χ1) is 14.3. The lowest BCUT2D eigenvalue weighted by Gasteiger charge is -2.21. The van der Waals surface area contributed by atoms with Gasteiger partial charge in [-0.15, -0.1) is 0 Å². The molecule has 0 bridgehead atoms. The Labute approximate surface area is 181 Å². The van der Waals surface area contributed by atoms with Crippen molar-refractivity contribution in [3.8, 4) is 5.75 Å². The third-order valence-electron chi connectivity index (χ3n) is 5.46. The summed E-state index contributed by atoms with van der Waals surface area (Å²) in [5.74, 6) is 0.559. The zero-order chi connectivity index (χ0) is 22.4. The summed E-state index contributed by atoms with van der Waals surface area (Å²) in [5.41, 5.74) is 5.16. The Morgan fingerprint density at radius 3 is 2.23 bits per heavy atom. The van der Waals surface area contributed by atoms with Crippen LogP contribution in [0.3, 0.4) is 0 Å². The number of carbonyl (C=O) groups is 1. The number of hydrogen-bond donors (Lipinski definition) is 1. The van der Waals surface area contributed by atoms with E-state index in [-0.39, 0.29) is 5.91 Å². The first kappa shape index (κ1) is 23.7. The Balaban J connectivity index is 2.65. The minimum atomic E-state index is -0.277. The van der Waals surface area contributed by atoms with Gasteiger partial charge in [0.05, 0.1) is 12.2 Å². The second-order valence-electron chi connectivity index (χ2n) is 8.22. The third kappa shape index (κ3) is 4.94. The van der Waals surface area contributed by atoms with E-state index in [1.807, 2.05) is 32.0 Å². The molecule has 2 aromatic rings. The van der Waals surface area contributed by atoms with E-state index < -0.39 is 0 Å². The van der Waals surface area contributed by atoms with Gasteiger partial charge in [-0.1, -0.05) is 52.8 Å². The first-order valence-electron chi connectivity index (χ1n) is 11.1. The van der Waals surface area contributed by atoms with E-state index in [4.69, 9.17) is 4.74 Å². The van der Waals surface area contributed by atoms with Crippen LogP contribution in [0.15, 0.2) is 18.2 Å². The Morgan fingerprint density at radius 2 is 1.73 bits per heavy atom. The van der Waals surface area contributed by atoms with Crippen LogP contribution in [0.5, 0.6) is 5.75 Å². The summed E-state index contributed by atoms with van der Waals surface area (Å²) >= 11 is 0. The molecular formula is C25H36N2O3. The predicted molar refractivity (Wildman–Crippen MR) is 122 cm³/mol. The fraction of sp³-hybridized carbons (Fsp3) is 0.520. The van der Waals surface area contributed by atoms with Gasteiger partial charge in [0, 0.05) is 19.0 Å². The molecule has 5 nitrogen and oxygen atoms in total. The van der Waals surface area contributed by atoms with Crippen molar-refractivity contribution in [2.45, 2.75) is 74.1 Å². The second kappa shape index (κ2) is 10.5. The summed E-state index contributed by atoms with van der Waals surface area (Å²) in [4.78, 5) is 13.6. The Morgan fingerprint density at radius 1 is 1.13 bits per heavy atom. The molecule has 0 aliphatic rings. The van der Waals surface area contributed by atoms with Gasteiger partial charge < -0.3 is 15.3 Å². The molecule has 1 aromatic carbocycles. The number of rotatable bonds is 9. The highest BCUT2D eigenvalue weighted by atomic mass is 16.5. The van der Waals surface area contributed by atoms with Gasteiger partial charge in [0.25, 0.3) is 5.91 Å². The number of hydrogen-bond acceptors (Lipinski definition) is 3. The Hall–Kier alpha value is -2.56. The number of carbonyl (C=O) groups excluding carboxylic acids is 1. The van der Waals surface area contributed by atoms with Crippen molar-refractivity contribution in [3.05, 3.63) is 57.0 Å². The Bertz CT molecular complexity index is 882. The molecule has 1 aromatic heterocycles. The highest BCUT2D eigenvalue weighted by molar-refractivity contribution is 6.07. The Kier molecular flexibility index (Phi) is 8.27. The molecule has 0 saturated heterocycles. The summed E-state index contributed by atoms with van der Waals surface area (Å²) in [6.07, 6.45) is 2.91. The van der Waals surface area contributed by atoms with Gasteiger partial charge in [0.1, 0.15) is 5.75 Å². The minimum absolute atomic E-state index is 0.277. The lowest BCUT2D eigenvalue weighted by atomic mass is 10.00. The van der Waals surface area contributed by atoms with Gasteiger partial charge in [-0.25, -0.2) is 0 Å². The summed E-state index contributed by atoms with van der Waals surface area (Å²) in [7, 11) is 0. The van der Waals surface area contributed by atoms with Crippen LogP contribution in [0.4, 0.5) is 5.69 Å². The second-order valence-corrected chi connectivity index (χ2v) is 8.22. The third-order valence-corrected chi connectivity index (χ3v) is 5.46. The van der Waals surface area contributed by atoms with E-state index in [1.165, 1.54) is 0 Å². The molecule has 0 unspecified atom stereocenters. The van der Waals surface area contributed by atoms with Crippen molar-refractivity contribution >= 4 is 11.6 Å². The molecule has 30 heavy (non-hydrogen) atoms. The van der Waals surface area contributed by atoms with Crippen molar-refractivity contribution in [2.75, 3.05) is 11.9 Å². The van der Waals surface area contributed by atoms with Crippen molar-refractivity contribution in [1.29, 1.82) is 0 Å². The summed E-state index contributed by atoms with van der Waals surface area (Å²) < 4.78 is 7.02. The number of aromatic nitrogens is 1. The highest BCUT2D eigenvalue weighted by Crippen LogP contribution is 2.31. The maximum Gasteiger partial charge on any atom is 0.265 e. The molecule has 0 aliphatic heterocycles. The molecule has 2 rings (SSSR count). The van der Waals surface area contributed by atoms with Crippen LogP contribution >= 0.6 is 0 Å². The van der Waals surface area contributed by atoms with E-state index in [9.17, 15) is 10.0 Å². The molecule has 5 heteroatoms. The van der Waals surface area contributed by atoms with Gasteiger partial charge in [-0.3, -0.25) is 4.79 Å². The average Bonchev–Trinajstić information content (AvgIpc) is 2.72. The largest absolute Gasteiger partial charge is 0.618 e. The minimum Gasteiger partial charge on any atom is -0.618 e. The predicted octanol–water partition coefficient (Wildman–Crippen LogP) is 5.30. The number of amides is 1. The van der Waals surface area contributed by atoms with Gasteiger partial charge >= 0.3 is 0 Å². The zero-order valence-electron chi connectivity index (χ0n) is 19.5. The van der Waals surface area contributed by atoms with Crippen LogP contribution in [0, 0.1) is 25.0 Å². The van der Waals surface area contributed by atoms with Crippen LogP contribution in [0.1, 0.15) is 79.5 Å². The van der Waals surface area contributed by atoms with Crippen LogP contribution < -0.4 is 14.8 Å². The van der Waals surface area contributed by atoms with Crippen LogP contribution in [-0.4, -0.2) is 12.5 Å². The fourth-order valence-electron chi connectivity index (χ4n) is 3.65. The summed E-state index contributed by atoms with van der Waals surface area (Å²) in [6, 6.07) is 6.09. The maximum atomic E-state index is 13.6. The van der Waals surface area contributed by atoms with Crippen LogP contribution in [-0.2, 0) is 19.3 Å². The summed E-state index contributed by atoms with van der Waals surface area (Å²) in [6.45, 7) is 14.4. The zero-order valence-corrected chi connectivity index (χ0v) is 19.5. The number of nitrogens with one attached hydrogen (secondary N) is 1. The van der Waals surface area contributed by atoms with Crippen LogP contribution in [0.2, 0.25) is 0 Å². The topological polar surface area (TPSA) is 65.3 Å². The highest BCUT2D eigenvalue weighted by Gasteiger charge is 2.30. The number of nitrogens with zero attached hydrogens (tertiary/aromatic N) is 1. The van der Waals surface area contributed by atoms with E-state index in [1.54, 1.807) is 6.92 Å². The normalized spacial score (nSPS) is 11.1. The molecule has 1 amide bonds. The van der Waals surface area contributed by atoms with Gasteiger partial charge in [0.2, 0.25) is 5.69 Å². The van der Waals surface area contributed by atoms with Crippen molar-refractivity contribution in [2.24, 2.45) is 5.92 Å². The number of pyridine rings is 1. The molecular weight excluding hydrogens is 376 g/mol. The van der Waals surface area contributed by atoms with Crippen LogP contribution in [0.25, 0.3) is 0 Å². The molecule has 0 spiro atoms. The smallest absolute Gasteiger partial charge is 0.265 e. The van der Waals surface area contributed by atoms with Crippen molar-refractivity contribution in [1.82, 2.24) is 0 Å². The lowest BCUT2D eigenvalue weighted by molar-refractivity contribution is -0.621. The number of benzene rings is 1. The average molecular weight is 413 g/mol. The maximum absolute atomic E-state index is 13.6. The number of ether oxygens (including phenoxy) is 1. The van der Waals surface area contributed by atoms with E-state index in [0.717, 1.165) is 46.4 Å². The molecule has 0 aliphatic carbocycles.